The van der Waals surface area contributed by atoms with E-state index in [1.807, 2.05) is 85.1 Å². The molecule has 6 rings (SSSR count). The molecule has 0 fully saturated rings. The number of aromatic nitrogens is 1. The van der Waals surface area contributed by atoms with Crippen LogP contribution in [0.1, 0.15) is 12.5 Å². The first-order valence-electron chi connectivity index (χ1n) is 12.9. The van der Waals surface area contributed by atoms with E-state index < -0.39 is 5.97 Å². The third kappa shape index (κ3) is 5.15. The quantitative estimate of drug-likeness (QED) is 0.244. The number of ether oxygens (including phenoxy) is 4. The van der Waals surface area contributed by atoms with Gasteiger partial charge in [0.25, 0.3) is 0 Å². The van der Waals surface area contributed by atoms with Crippen molar-refractivity contribution in [3.05, 3.63) is 101 Å². The van der Waals surface area contributed by atoms with Crippen molar-refractivity contribution in [1.82, 2.24) is 4.57 Å². The topological polar surface area (TPSA) is 91.5 Å². The predicted octanol–water partition coefficient (Wildman–Crippen LogP) is 6.64. The number of esters is 1. The Morgan fingerprint density at radius 3 is 2.73 bits per heavy atom. The van der Waals surface area contributed by atoms with Gasteiger partial charge < -0.3 is 28.6 Å². The van der Waals surface area contributed by atoms with Gasteiger partial charge in [0.05, 0.1) is 23.7 Å². The zero-order valence-electron chi connectivity index (χ0n) is 21.7. The van der Waals surface area contributed by atoms with E-state index in [-0.39, 0.29) is 24.7 Å². The van der Waals surface area contributed by atoms with E-state index >= 15 is 0 Å². The average Bonchev–Trinajstić information content (AvgIpc) is 3.66. The summed E-state index contributed by atoms with van der Waals surface area (Å²) in [5.74, 6) is 1.36. The number of para-hydroxylation sites is 2. The van der Waals surface area contributed by atoms with Crippen LogP contribution in [-0.2, 0) is 16.1 Å². The van der Waals surface area contributed by atoms with E-state index in [0.717, 1.165) is 16.5 Å². The summed E-state index contributed by atoms with van der Waals surface area (Å²) in [5.41, 5.74) is 2.68. The molecule has 1 N–H and O–H groups in total. The molecule has 0 saturated heterocycles. The Bertz CT molecular complexity index is 1670. The highest BCUT2D eigenvalue weighted by molar-refractivity contribution is 8.18. The summed E-state index contributed by atoms with van der Waals surface area (Å²) in [4.78, 5) is 17.9. The molecule has 3 aromatic carbocycles. The maximum atomic E-state index is 12.8. The van der Waals surface area contributed by atoms with E-state index in [9.17, 15) is 9.90 Å². The molecule has 0 radical (unpaired) electrons. The van der Waals surface area contributed by atoms with Gasteiger partial charge >= 0.3 is 5.97 Å². The highest BCUT2D eigenvalue weighted by Gasteiger charge is 2.33. The van der Waals surface area contributed by atoms with Crippen LogP contribution in [0.4, 0.5) is 5.69 Å². The molecule has 0 bridgehead atoms. The molecule has 1 aromatic heterocycles. The molecule has 9 heteroatoms. The van der Waals surface area contributed by atoms with E-state index in [4.69, 9.17) is 18.9 Å². The predicted molar refractivity (Wildman–Crippen MR) is 155 cm³/mol. The molecule has 4 aromatic rings. The van der Waals surface area contributed by atoms with Crippen LogP contribution in [0.25, 0.3) is 17.0 Å². The van der Waals surface area contributed by atoms with Crippen molar-refractivity contribution in [1.29, 1.82) is 0 Å². The summed E-state index contributed by atoms with van der Waals surface area (Å²) >= 11 is 1.24. The van der Waals surface area contributed by atoms with Crippen molar-refractivity contribution in [2.24, 2.45) is 4.99 Å². The van der Waals surface area contributed by atoms with E-state index in [2.05, 4.69) is 9.56 Å². The first-order chi connectivity index (χ1) is 19.6. The Hall–Kier alpha value is -4.63. The minimum absolute atomic E-state index is 0.0721. The van der Waals surface area contributed by atoms with Crippen LogP contribution in [0.2, 0.25) is 0 Å². The summed E-state index contributed by atoms with van der Waals surface area (Å²) < 4.78 is 24.1. The fourth-order valence-corrected chi connectivity index (χ4v) is 5.58. The van der Waals surface area contributed by atoms with Gasteiger partial charge in [-0.3, -0.25) is 0 Å². The van der Waals surface area contributed by atoms with Gasteiger partial charge in [-0.05, 0) is 43.3 Å². The van der Waals surface area contributed by atoms with Crippen LogP contribution in [0.5, 0.6) is 17.2 Å². The van der Waals surface area contributed by atoms with Gasteiger partial charge in [-0.15, -0.1) is 0 Å². The molecule has 8 nitrogen and oxygen atoms in total. The molecule has 2 aliphatic rings. The number of carbonyl (C=O) groups excluding carboxylic acids is 1. The Balaban J connectivity index is 1.28. The first-order valence-corrected chi connectivity index (χ1v) is 13.7. The maximum absolute atomic E-state index is 12.8. The van der Waals surface area contributed by atoms with Crippen LogP contribution in [0.15, 0.2) is 100 Å². The maximum Gasteiger partial charge on any atom is 0.344 e. The van der Waals surface area contributed by atoms with E-state index in [1.165, 1.54) is 11.8 Å². The molecule has 40 heavy (non-hydrogen) atoms. The smallest absolute Gasteiger partial charge is 0.344 e. The van der Waals surface area contributed by atoms with Gasteiger partial charge in [0.2, 0.25) is 6.79 Å². The number of aliphatic imine (C=N–C) groups is 1. The van der Waals surface area contributed by atoms with Gasteiger partial charge in [0.1, 0.15) is 28.7 Å². The molecule has 0 atom stereocenters. The molecule has 0 spiro atoms. The lowest BCUT2D eigenvalue weighted by molar-refractivity contribution is -0.138. The summed E-state index contributed by atoms with van der Waals surface area (Å²) in [6.45, 7) is 3.18. The number of carbonyl (C=O) groups is 1. The average molecular weight is 555 g/mol. The van der Waals surface area contributed by atoms with E-state index in [0.29, 0.717) is 46.0 Å². The second kappa shape index (κ2) is 11.2. The highest BCUT2D eigenvalue weighted by Crippen LogP contribution is 2.41. The zero-order valence-corrected chi connectivity index (χ0v) is 22.5. The first kappa shape index (κ1) is 25.6. The third-order valence-corrected chi connectivity index (χ3v) is 7.43. The van der Waals surface area contributed by atoms with Crippen LogP contribution in [0.3, 0.4) is 0 Å². The Morgan fingerprint density at radius 2 is 1.88 bits per heavy atom. The molecule has 0 amide bonds. The number of fused-ring (bicyclic) bond motifs is 2. The number of rotatable bonds is 8. The number of nitrogens with zero attached hydrogens (tertiary/aromatic N) is 2. The lowest BCUT2D eigenvalue weighted by Crippen LogP contribution is -2.12. The Kier molecular flexibility index (Phi) is 7.20. The highest BCUT2D eigenvalue weighted by atomic mass is 32.2. The minimum atomic E-state index is -0.603. The number of aliphatic hydroxyl groups excluding tert-OH is 1. The minimum Gasteiger partial charge on any atom is -0.506 e. The summed E-state index contributed by atoms with van der Waals surface area (Å²) in [7, 11) is 0. The molecule has 0 unspecified atom stereocenters. The van der Waals surface area contributed by atoms with Crippen LogP contribution in [-0.4, -0.2) is 40.7 Å². The summed E-state index contributed by atoms with van der Waals surface area (Å²) in [6.07, 6.45) is 3.90. The second-order valence-corrected chi connectivity index (χ2v) is 10.00. The fourth-order valence-electron chi connectivity index (χ4n) is 4.56. The number of hydrogen-bond acceptors (Lipinski definition) is 8. The van der Waals surface area contributed by atoms with Gasteiger partial charge in [-0.25, -0.2) is 9.79 Å². The molecule has 0 aliphatic carbocycles. The van der Waals surface area contributed by atoms with Crippen molar-refractivity contribution in [3.63, 3.8) is 0 Å². The normalized spacial score (nSPS) is 16.3. The number of hydrogen-bond donors (Lipinski definition) is 1. The summed E-state index contributed by atoms with van der Waals surface area (Å²) in [5, 5.41) is 12.5. The van der Waals surface area contributed by atoms with E-state index in [1.54, 1.807) is 6.92 Å². The van der Waals surface area contributed by atoms with Crippen molar-refractivity contribution in [3.8, 4) is 17.2 Å². The zero-order chi connectivity index (χ0) is 27.5. The third-order valence-electron chi connectivity index (χ3n) is 6.41. The molecular weight excluding hydrogens is 528 g/mol. The molecule has 3 heterocycles. The SMILES string of the molecule is CCOC(=O)C1=C(O)/C(=C/c2cn(CCOc3ccc4c(c3)OCO4)c3ccccc23)SC1=Nc1ccccc1. The van der Waals surface area contributed by atoms with Gasteiger partial charge in [0.15, 0.2) is 11.5 Å². The van der Waals surface area contributed by atoms with Gasteiger partial charge in [-0.1, -0.05) is 48.2 Å². The Labute approximate surface area is 235 Å². The monoisotopic (exact) mass is 554 g/mol. The number of thioether (sulfide) groups is 1. The molecule has 202 valence electrons. The van der Waals surface area contributed by atoms with Crippen molar-refractivity contribution >= 4 is 45.4 Å². The standard InChI is InChI=1S/C31H26N2O6S/c1-2-36-31(35)28-29(34)27(40-30(28)32-21-8-4-3-5-9-21)16-20-18-33(24-11-7-6-10-23(20)24)14-15-37-22-12-13-25-26(17-22)39-19-38-25/h3-13,16-18,34H,2,14-15,19H2,1H3/b27-16-,32-30?. The molecular formula is C31H26N2O6S. The van der Waals surface area contributed by atoms with Crippen LogP contribution in [0, 0.1) is 0 Å². The van der Waals surface area contributed by atoms with Gasteiger partial charge in [-0.2, -0.15) is 0 Å². The largest absolute Gasteiger partial charge is 0.506 e. The number of benzene rings is 3. The Morgan fingerprint density at radius 1 is 1.07 bits per heavy atom. The van der Waals surface area contributed by atoms with Crippen molar-refractivity contribution in [2.75, 3.05) is 20.0 Å². The summed E-state index contributed by atoms with van der Waals surface area (Å²) in [6, 6.07) is 22.9. The van der Waals surface area contributed by atoms with Crippen molar-refractivity contribution in [2.45, 2.75) is 13.5 Å². The molecule has 2 aliphatic heterocycles. The second-order valence-electron chi connectivity index (χ2n) is 8.97. The lowest BCUT2D eigenvalue weighted by Gasteiger charge is -2.09. The molecule has 0 saturated carbocycles. The lowest BCUT2D eigenvalue weighted by atomic mass is 10.1. The van der Waals surface area contributed by atoms with Crippen LogP contribution >= 0.6 is 11.8 Å². The fraction of sp³-hybridized carbons (Fsp3) is 0.161. The van der Waals surface area contributed by atoms with Crippen LogP contribution < -0.4 is 14.2 Å². The van der Waals surface area contributed by atoms with Gasteiger partial charge in [0, 0.05) is 28.7 Å². The number of aliphatic hydroxyl groups is 1. The van der Waals surface area contributed by atoms with Crippen molar-refractivity contribution < 1.29 is 28.8 Å².